The number of aromatic nitrogens is 2. The highest BCUT2D eigenvalue weighted by Gasteiger charge is 2.09. The minimum absolute atomic E-state index is 0.635. The van der Waals surface area contributed by atoms with E-state index in [9.17, 15) is 0 Å². The predicted molar refractivity (Wildman–Crippen MR) is 75.4 cm³/mol. The Kier molecular flexibility index (Phi) is 5.75. The van der Waals surface area contributed by atoms with E-state index in [2.05, 4.69) is 30.7 Å². The molecule has 3 nitrogen and oxygen atoms in total. The number of nitrogens with zero attached hydrogens (tertiary/aromatic N) is 2. The molecule has 0 bridgehead atoms. The van der Waals surface area contributed by atoms with Crippen molar-refractivity contribution in [3.8, 4) is 0 Å². The fourth-order valence-corrected chi connectivity index (χ4v) is 2.70. The van der Waals surface area contributed by atoms with Crippen LogP contribution in [0.3, 0.4) is 0 Å². The van der Waals surface area contributed by atoms with E-state index in [0.29, 0.717) is 5.82 Å². The Labute approximate surface area is 109 Å². The van der Waals surface area contributed by atoms with Crippen molar-refractivity contribution >= 4 is 17.6 Å². The maximum Gasteiger partial charge on any atom is 0.132 e. The molecule has 1 rings (SSSR count). The summed E-state index contributed by atoms with van der Waals surface area (Å²) < 4.78 is 0. The summed E-state index contributed by atoms with van der Waals surface area (Å²) in [6, 6.07) is 0. The Hall–Kier alpha value is -0.770. The van der Waals surface area contributed by atoms with Crippen LogP contribution in [0.4, 0.5) is 5.82 Å². The van der Waals surface area contributed by atoms with E-state index >= 15 is 0 Å². The second kappa shape index (κ2) is 6.84. The fraction of sp³-hybridized carbons (Fsp3) is 0.692. The molecular weight excluding hydrogens is 230 g/mol. The molecular formula is C13H23N3S. The largest absolute Gasteiger partial charge is 0.383 e. The number of rotatable bonds is 6. The van der Waals surface area contributed by atoms with E-state index in [1.165, 1.54) is 6.42 Å². The molecule has 0 aliphatic heterocycles. The first-order valence-corrected chi connectivity index (χ1v) is 7.29. The summed E-state index contributed by atoms with van der Waals surface area (Å²) >= 11 is 1.80. The normalized spacial score (nSPS) is 11.1. The molecule has 0 amide bonds. The van der Waals surface area contributed by atoms with Gasteiger partial charge in [-0.25, -0.2) is 9.97 Å². The highest BCUT2D eigenvalue weighted by atomic mass is 32.2. The second-order valence-corrected chi connectivity index (χ2v) is 5.82. The minimum atomic E-state index is 0.635. The summed E-state index contributed by atoms with van der Waals surface area (Å²) in [6.45, 7) is 8.61. The Bertz CT molecular complexity index is 364. The van der Waals surface area contributed by atoms with Crippen molar-refractivity contribution in [3.05, 3.63) is 11.4 Å². The van der Waals surface area contributed by atoms with Gasteiger partial charge in [0.25, 0.3) is 0 Å². The Morgan fingerprint density at radius 2 is 2.00 bits per heavy atom. The Balaban J connectivity index is 2.75. The van der Waals surface area contributed by atoms with Crippen LogP contribution < -0.4 is 5.73 Å². The summed E-state index contributed by atoms with van der Waals surface area (Å²) in [6.07, 6.45) is 3.16. The van der Waals surface area contributed by atoms with Gasteiger partial charge in [0.05, 0.1) is 0 Å². The number of anilines is 1. The number of hydrogen-bond acceptors (Lipinski definition) is 4. The van der Waals surface area contributed by atoms with Crippen molar-refractivity contribution in [3.63, 3.8) is 0 Å². The molecule has 0 atom stereocenters. The molecule has 17 heavy (non-hydrogen) atoms. The van der Waals surface area contributed by atoms with Crippen LogP contribution in [0.5, 0.6) is 0 Å². The van der Waals surface area contributed by atoms with Crippen LogP contribution in [0.2, 0.25) is 0 Å². The monoisotopic (exact) mass is 253 g/mol. The van der Waals surface area contributed by atoms with Crippen molar-refractivity contribution < 1.29 is 0 Å². The van der Waals surface area contributed by atoms with Crippen molar-refractivity contribution in [1.29, 1.82) is 0 Å². The first-order chi connectivity index (χ1) is 8.04. The van der Waals surface area contributed by atoms with Gasteiger partial charge < -0.3 is 5.73 Å². The van der Waals surface area contributed by atoms with E-state index in [-0.39, 0.29) is 0 Å². The molecule has 0 spiro atoms. The average Bonchev–Trinajstić information content (AvgIpc) is 2.24. The lowest BCUT2D eigenvalue weighted by Gasteiger charge is -2.10. The standard InChI is InChI=1S/C13H23N3S/c1-5-6-11-15-12(14)10(4)13(16-11)17-8-7-9(2)3/h9H,5-8H2,1-4H3,(H2,14,15,16). The van der Waals surface area contributed by atoms with Gasteiger partial charge in [0.2, 0.25) is 0 Å². The Morgan fingerprint density at radius 1 is 1.29 bits per heavy atom. The van der Waals surface area contributed by atoms with Gasteiger partial charge in [0, 0.05) is 12.0 Å². The lowest BCUT2D eigenvalue weighted by atomic mass is 10.2. The molecule has 0 aliphatic rings. The SMILES string of the molecule is CCCc1nc(N)c(C)c(SCCC(C)C)n1. The summed E-state index contributed by atoms with van der Waals surface area (Å²) in [7, 11) is 0. The van der Waals surface area contributed by atoms with E-state index in [1.54, 1.807) is 11.8 Å². The molecule has 0 fully saturated rings. The first-order valence-electron chi connectivity index (χ1n) is 6.30. The first kappa shape index (κ1) is 14.3. The molecule has 4 heteroatoms. The predicted octanol–water partition coefficient (Wildman–Crippen LogP) is 3.46. The van der Waals surface area contributed by atoms with Crippen molar-refractivity contribution in [2.24, 2.45) is 5.92 Å². The molecule has 1 aromatic rings. The van der Waals surface area contributed by atoms with Gasteiger partial charge in [-0.2, -0.15) is 0 Å². The summed E-state index contributed by atoms with van der Waals surface area (Å²) in [4.78, 5) is 8.91. The molecule has 1 heterocycles. The molecule has 0 radical (unpaired) electrons. The quantitative estimate of drug-likeness (QED) is 0.623. The van der Waals surface area contributed by atoms with Crippen LogP contribution in [0.15, 0.2) is 5.03 Å². The van der Waals surface area contributed by atoms with Crippen molar-refractivity contribution in [2.45, 2.75) is 52.0 Å². The van der Waals surface area contributed by atoms with E-state index in [4.69, 9.17) is 5.73 Å². The average molecular weight is 253 g/mol. The molecule has 1 aromatic heterocycles. The summed E-state index contributed by atoms with van der Waals surface area (Å²) in [5, 5.41) is 1.06. The Morgan fingerprint density at radius 3 is 2.59 bits per heavy atom. The van der Waals surface area contributed by atoms with Gasteiger partial charge >= 0.3 is 0 Å². The molecule has 0 saturated heterocycles. The van der Waals surface area contributed by atoms with E-state index in [0.717, 1.165) is 40.9 Å². The zero-order chi connectivity index (χ0) is 12.8. The van der Waals surface area contributed by atoms with Crippen LogP contribution in [-0.2, 0) is 6.42 Å². The minimum Gasteiger partial charge on any atom is -0.383 e. The molecule has 96 valence electrons. The van der Waals surface area contributed by atoms with Gasteiger partial charge in [0.15, 0.2) is 0 Å². The number of hydrogen-bond donors (Lipinski definition) is 1. The van der Waals surface area contributed by atoms with Gasteiger partial charge in [0.1, 0.15) is 16.7 Å². The highest BCUT2D eigenvalue weighted by Crippen LogP contribution is 2.25. The summed E-state index contributed by atoms with van der Waals surface area (Å²) in [5.74, 6) is 3.34. The van der Waals surface area contributed by atoms with Crippen LogP contribution in [0.25, 0.3) is 0 Å². The third-order valence-electron chi connectivity index (χ3n) is 2.59. The molecule has 0 aromatic carbocycles. The van der Waals surface area contributed by atoms with E-state index < -0.39 is 0 Å². The molecule has 0 unspecified atom stereocenters. The van der Waals surface area contributed by atoms with Gasteiger partial charge in [-0.3, -0.25) is 0 Å². The lowest BCUT2D eigenvalue weighted by molar-refractivity contribution is 0.631. The van der Waals surface area contributed by atoms with Crippen LogP contribution in [0.1, 0.15) is 45.0 Å². The van der Waals surface area contributed by atoms with Crippen molar-refractivity contribution in [1.82, 2.24) is 9.97 Å². The number of aryl methyl sites for hydroxylation is 1. The third kappa shape index (κ3) is 4.54. The topological polar surface area (TPSA) is 51.8 Å². The molecule has 0 saturated carbocycles. The van der Waals surface area contributed by atoms with Crippen LogP contribution in [0, 0.1) is 12.8 Å². The van der Waals surface area contributed by atoms with Crippen LogP contribution >= 0.6 is 11.8 Å². The molecule has 2 N–H and O–H groups in total. The van der Waals surface area contributed by atoms with Gasteiger partial charge in [-0.1, -0.05) is 20.8 Å². The maximum atomic E-state index is 5.92. The smallest absolute Gasteiger partial charge is 0.132 e. The third-order valence-corrected chi connectivity index (χ3v) is 3.70. The summed E-state index contributed by atoms with van der Waals surface area (Å²) in [5.41, 5.74) is 6.95. The molecule has 0 aliphatic carbocycles. The van der Waals surface area contributed by atoms with Crippen molar-refractivity contribution in [2.75, 3.05) is 11.5 Å². The lowest BCUT2D eigenvalue weighted by Crippen LogP contribution is -2.04. The fourth-order valence-electron chi connectivity index (χ4n) is 1.43. The second-order valence-electron chi connectivity index (χ2n) is 4.74. The van der Waals surface area contributed by atoms with Crippen LogP contribution in [-0.4, -0.2) is 15.7 Å². The number of nitrogens with two attached hydrogens (primary N) is 1. The van der Waals surface area contributed by atoms with Gasteiger partial charge in [-0.05, 0) is 31.4 Å². The highest BCUT2D eigenvalue weighted by molar-refractivity contribution is 7.99. The number of thioether (sulfide) groups is 1. The van der Waals surface area contributed by atoms with E-state index in [1.807, 2.05) is 6.92 Å². The zero-order valence-corrected chi connectivity index (χ0v) is 12.1. The maximum absolute atomic E-state index is 5.92. The number of nitrogen functional groups attached to an aromatic ring is 1. The van der Waals surface area contributed by atoms with Gasteiger partial charge in [-0.15, -0.1) is 11.8 Å². The zero-order valence-electron chi connectivity index (χ0n) is 11.3.